The summed E-state index contributed by atoms with van der Waals surface area (Å²) in [6.07, 6.45) is 0. The molecule has 1 atom stereocenters. The predicted octanol–water partition coefficient (Wildman–Crippen LogP) is 4.45. The fourth-order valence-corrected chi connectivity index (χ4v) is 2.40. The monoisotopic (exact) mass is 337 g/mol. The largest absolute Gasteiger partial charge is 0.497 e. The van der Waals surface area contributed by atoms with E-state index in [2.05, 4.69) is 21.2 Å². The van der Waals surface area contributed by atoms with Crippen molar-refractivity contribution < 1.29 is 9.13 Å². The molecule has 0 fully saturated rings. The van der Waals surface area contributed by atoms with E-state index in [-0.39, 0.29) is 11.9 Å². The molecule has 0 aliphatic rings. The summed E-state index contributed by atoms with van der Waals surface area (Å²) in [6, 6.07) is 12.6. The number of methoxy groups -OCH3 is 1. The highest BCUT2D eigenvalue weighted by molar-refractivity contribution is 9.10. The van der Waals surface area contributed by atoms with Crippen molar-refractivity contribution in [1.29, 1.82) is 0 Å². The van der Waals surface area contributed by atoms with Crippen LogP contribution in [0, 0.1) is 5.82 Å². The lowest BCUT2D eigenvalue weighted by Gasteiger charge is -2.16. The molecule has 2 aromatic carbocycles. The van der Waals surface area contributed by atoms with E-state index in [0.717, 1.165) is 15.8 Å². The number of benzene rings is 2. The number of hydrogen-bond donors (Lipinski definition) is 1. The SMILES string of the molecule is COc1ccc(Br)c(CNC(C)c2ccccc2F)c1. The van der Waals surface area contributed by atoms with Crippen LogP contribution in [0.15, 0.2) is 46.9 Å². The first kappa shape index (κ1) is 15.0. The van der Waals surface area contributed by atoms with E-state index in [0.29, 0.717) is 12.1 Å². The summed E-state index contributed by atoms with van der Waals surface area (Å²) in [5.41, 5.74) is 1.75. The van der Waals surface area contributed by atoms with Crippen molar-refractivity contribution in [2.24, 2.45) is 0 Å². The third-order valence-electron chi connectivity index (χ3n) is 3.22. The minimum absolute atomic E-state index is 0.0608. The van der Waals surface area contributed by atoms with Crippen LogP contribution in [0.2, 0.25) is 0 Å². The second-order valence-corrected chi connectivity index (χ2v) is 5.44. The van der Waals surface area contributed by atoms with Crippen molar-refractivity contribution in [2.45, 2.75) is 19.5 Å². The Labute approximate surface area is 127 Å². The van der Waals surface area contributed by atoms with Gasteiger partial charge in [0, 0.05) is 22.6 Å². The first-order chi connectivity index (χ1) is 9.61. The molecule has 2 aromatic rings. The number of nitrogens with one attached hydrogen (secondary N) is 1. The standard InChI is InChI=1S/C16H17BrFNO/c1-11(14-5-3-4-6-16(14)18)19-10-12-9-13(20-2)7-8-15(12)17/h3-9,11,19H,10H2,1-2H3. The minimum Gasteiger partial charge on any atom is -0.497 e. The normalized spacial score (nSPS) is 12.2. The molecule has 2 rings (SSSR count). The van der Waals surface area contributed by atoms with Crippen molar-refractivity contribution in [3.63, 3.8) is 0 Å². The Morgan fingerprint density at radius 3 is 2.70 bits per heavy atom. The van der Waals surface area contributed by atoms with Gasteiger partial charge in [0.05, 0.1) is 7.11 Å². The van der Waals surface area contributed by atoms with E-state index in [4.69, 9.17) is 4.74 Å². The Morgan fingerprint density at radius 2 is 2.00 bits per heavy atom. The molecular weight excluding hydrogens is 321 g/mol. The molecule has 106 valence electrons. The van der Waals surface area contributed by atoms with E-state index in [1.54, 1.807) is 19.2 Å². The van der Waals surface area contributed by atoms with E-state index >= 15 is 0 Å². The van der Waals surface area contributed by atoms with Crippen LogP contribution in [-0.2, 0) is 6.54 Å². The van der Waals surface area contributed by atoms with Gasteiger partial charge in [-0.2, -0.15) is 0 Å². The molecule has 4 heteroatoms. The summed E-state index contributed by atoms with van der Waals surface area (Å²) in [5.74, 6) is 0.626. The molecule has 0 aliphatic carbocycles. The molecule has 0 aromatic heterocycles. The van der Waals surface area contributed by atoms with Gasteiger partial charge in [-0.15, -0.1) is 0 Å². The number of rotatable bonds is 5. The Hall–Kier alpha value is -1.39. The Morgan fingerprint density at radius 1 is 1.25 bits per heavy atom. The van der Waals surface area contributed by atoms with Gasteiger partial charge < -0.3 is 10.1 Å². The van der Waals surface area contributed by atoms with Crippen LogP contribution in [0.25, 0.3) is 0 Å². The molecule has 1 unspecified atom stereocenters. The fraction of sp³-hybridized carbons (Fsp3) is 0.250. The average Bonchev–Trinajstić information content (AvgIpc) is 2.46. The molecular formula is C16H17BrFNO. The molecule has 0 radical (unpaired) electrons. The highest BCUT2D eigenvalue weighted by Crippen LogP contribution is 2.23. The van der Waals surface area contributed by atoms with Crippen molar-refractivity contribution >= 4 is 15.9 Å². The minimum atomic E-state index is -0.183. The lowest BCUT2D eigenvalue weighted by Crippen LogP contribution is -2.19. The van der Waals surface area contributed by atoms with Crippen molar-refractivity contribution in [1.82, 2.24) is 5.32 Å². The lowest BCUT2D eigenvalue weighted by molar-refractivity contribution is 0.413. The zero-order valence-electron chi connectivity index (χ0n) is 11.5. The van der Waals surface area contributed by atoms with Crippen LogP contribution in [-0.4, -0.2) is 7.11 Å². The van der Waals surface area contributed by atoms with Gasteiger partial charge >= 0.3 is 0 Å². The van der Waals surface area contributed by atoms with Gasteiger partial charge in [-0.3, -0.25) is 0 Å². The third kappa shape index (κ3) is 3.58. The van der Waals surface area contributed by atoms with Crippen LogP contribution in [0.4, 0.5) is 4.39 Å². The van der Waals surface area contributed by atoms with Crippen LogP contribution in [0.3, 0.4) is 0 Å². The maximum Gasteiger partial charge on any atom is 0.127 e. The summed E-state index contributed by atoms with van der Waals surface area (Å²) < 4.78 is 19.9. The van der Waals surface area contributed by atoms with E-state index in [1.807, 2.05) is 31.2 Å². The molecule has 0 aliphatic heterocycles. The van der Waals surface area contributed by atoms with Crippen LogP contribution in [0.5, 0.6) is 5.75 Å². The van der Waals surface area contributed by atoms with E-state index in [9.17, 15) is 4.39 Å². The molecule has 0 spiro atoms. The lowest BCUT2D eigenvalue weighted by atomic mass is 10.1. The van der Waals surface area contributed by atoms with Gasteiger partial charge in [-0.05, 0) is 36.8 Å². The second-order valence-electron chi connectivity index (χ2n) is 4.58. The summed E-state index contributed by atoms with van der Waals surface area (Å²) in [5, 5.41) is 3.32. The molecule has 0 saturated heterocycles. The maximum atomic E-state index is 13.7. The molecule has 0 amide bonds. The van der Waals surface area contributed by atoms with Gasteiger partial charge in [0.2, 0.25) is 0 Å². The Kier molecular flexibility index (Phi) is 5.15. The highest BCUT2D eigenvalue weighted by atomic mass is 79.9. The summed E-state index contributed by atoms with van der Waals surface area (Å²) in [7, 11) is 1.64. The van der Waals surface area contributed by atoms with Gasteiger partial charge in [0.15, 0.2) is 0 Å². The van der Waals surface area contributed by atoms with Crippen LogP contribution >= 0.6 is 15.9 Å². The number of hydrogen-bond acceptors (Lipinski definition) is 2. The van der Waals surface area contributed by atoms with Gasteiger partial charge in [0.1, 0.15) is 11.6 Å². The quantitative estimate of drug-likeness (QED) is 0.870. The summed E-state index contributed by atoms with van der Waals surface area (Å²) in [4.78, 5) is 0. The van der Waals surface area contributed by atoms with Crippen molar-refractivity contribution in [2.75, 3.05) is 7.11 Å². The van der Waals surface area contributed by atoms with Crippen molar-refractivity contribution in [3.05, 3.63) is 63.9 Å². The predicted molar refractivity (Wildman–Crippen MR) is 82.3 cm³/mol. The van der Waals surface area contributed by atoms with E-state index in [1.165, 1.54) is 6.07 Å². The van der Waals surface area contributed by atoms with Crippen LogP contribution in [0.1, 0.15) is 24.1 Å². The summed E-state index contributed by atoms with van der Waals surface area (Å²) in [6.45, 7) is 2.58. The van der Waals surface area contributed by atoms with Crippen molar-refractivity contribution in [3.8, 4) is 5.75 Å². The van der Waals surface area contributed by atoms with Gasteiger partial charge in [-0.25, -0.2) is 4.39 Å². The zero-order chi connectivity index (χ0) is 14.5. The second kappa shape index (κ2) is 6.86. The molecule has 20 heavy (non-hydrogen) atoms. The zero-order valence-corrected chi connectivity index (χ0v) is 13.1. The molecule has 2 nitrogen and oxygen atoms in total. The topological polar surface area (TPSA) is 21.3 Å². The fourth-order valence-electron chi connectivity index (χ4n) is 2.01. The van der Waals surface area contributed by atoms with Gasteiger partial charge in [-0.1, -0.05) is 34.1 Å². The molecule has 0 saturated carbocycles. The number of halogens is 2. The first-order valence-corrected chi connectivity index (χ1v) is 7.21. The number of ether oxygens (including phenoxy) is 1. The molecule has 0 bridgehead atoms. The van der Waals surface area contributed by atoms with E-state index < -0.39 is 0 Å². The maximum absolute atomic E-state index is 13.7. The Bertz CT molecular complexity index is 588. The summed E-state index contributed by atoms with van der Waals surface area (Å²) >= 11 is 3.51. The van der Waals surface area contributed by atoms with Gasteiger partial charge in [0.25, 0.3) is 0 Å². The molecule has 0 heterocycles. The molecule has 1 N–H and O–H groups in total. The smallest absolute Gasteiger partial charge is 0.127 e. The van der Waals surface area contributed by atoms with Crippen LogP contribution < -0.4 is 10.1 Å². The first-order valence-electron chi connectivity index (χ1n) is 6.42. The Balaban J connectivity index is 2.07. The third-order valence-corrected chi connectivity index (χ3v) is 4.00. The average molecular weight is 338 g/mol. The highest BCUT2D eigenvalue weighted by Gasteiger charge is 2.10.